The summed E-state index contributed by atoms with van der Waals surface area (Å²) in [7, 11) is -1.69. The smallest absolute Gasteiger partial charge is 0.250 e. The molecular formula is C17H23N3O3S2. The Balaban J connectivity index is 1.43. The predicted molar refractivity (Wildman–Crippen MR) is 101 cm³/mol. The van der Waals surface area contributed by atoms with Crippen molar-refractivity contribution in [2.75, 3.05) is 51.3 Å². The molecule has 0 atom stereocenters. The summed E-state index contributed by atoms with van der Waals surface area (Å²) >= 11 is 1.24. The zero-order valence-electron chi connectivity index (χ0n) is 14.2. The Bertz CT molecular complexity index is 753. The van der Waals surface area contributed by atoms with Crippen molar-refractivity contribution in [1.29, 1.82) is 0 Å². The summed E-state index contributed by atoms with van der Waals surface area (Å²) in [4.78, 5) is 4.63. The SMILES string of the molecule is COc1ccc(N2CCN(CCNS(=O)(=O)c3cccs3)CC2)cc1. The monoisotopic (exact) mass is 381 g/mol. The molecule has 1 aromatic carbocycles. The van der Waals surface area contributed by atoms with Gasteiger partial charge in [0.1, 0.15) is 9.96 Å². The quantitative estimate of drug-likeness (QED) is 0.793. The highest BCUT2D eigenvalue weighted by atomic mass is 32.2. The zero-order valence-corrected chi connectivity index (χ0v) is 15.9. The van der Waals surface area contributed by atoms with Crippen LogP contribution in [-0.2, 0) is 10.0 Å². The lowest BCUT2D eigenvalue weighted by atomic mass is 10.2. The van der Waals surface area contributed by atoms with E-state index in [1.807, 2.05) is 12.1 Å². The second kappa shape index (κ2) is 8.18. The van der Waals surface area contributed by atoms with Crippen LogP contribution in [-0.4, -0.2) is 59.7 Å². The fourth-order valence-electron chi connectivity index (χ4n) is 2.85. The van der Waals surface area contributed by atoms with Gasteiger partial charge in [-0.2, -0.15) is 0 Å². The highest BCUT2D eigenvalue weighted by molar-refractivity contribution is 7.91. The number of rotatable bonds is 7. The average molecular weight is 382 g/mol. The first-order valence-electron chi connectivity index (χ1n) is 8.23. The van der Waals surface area contributed by atoms with Crippen molar-refractivity contribution in [2.24, 2.45) is 0 Å². The molecule has 25 heavy (non-hydrogen) atoms. The van der Waals surface area contributed by atoms with E-state index in [-0.39, 0.29) is 0 Å². The largest absolute Gasteiger partial charge is 0.497 e. The molecule has 0 saturated carbocycles. The van der Waals surface area contributed by atoms with Gasteiger partial charge in [0.15, 0.2) is 0 Å². The molecule has 3 rings (SSSR count). The summed E-state index contributed by atoms with van der Waals surface area (Å²) in [6, 6.07) is 11.5. The Labute approximate surface area is 153 Å². The Morgan fingerprint density at radius 3 is 2.44 bits per heavy atom. The van der Waals surface area contributed by atoms with Crippen molar-refractivity contribution in [3.63, 3.8) is 0 Å². The molecule has 2 aromatic rings. The molecule has 6 nitrogen and oxygen atoms in total. The van der Waals surface area contributed by atoms with Crippen LogP contribution >= 0.6 is 11.3 Å². The number of nitrogens with one attached hydrogen (secondary N) is 1. The van der Waals surface area contributed by atoms with E-state index in [1.54, 1.807) is 24.6 Å². The van der Waals surface area contributed by atoms with Crippen molar-refractivity contribution in [3.8, 4) is 5.75 Å². The Morgan fingerprint density at radius 2 is 1.84 bits per heavy atom. The maximum Gasteiger partial charge on any atom is 0.250 e. The third-order valence-electron chi connectivity index (χ3n) is 4.29. The molecule has 0 amide bonds. The number of nitrogens with zero attached hydrogens (tertiary/aromatic N) is 2. The van der Waals surface area contributed by atoms with Crippen molar-refractivity contribution in [1.82, 2.24) is 9.62 Å². The molecule has 0 bridgehead atoms. The zero-order chi connectivity index (χ0) is 17.7. The van der Waals surface area contributed by atoms with Crippen LogP contribution in [0.3, 0.4) is 0 Å². The maximum atomic E-state index is 12.1. The summed E-state index contributed by atoms with van der Waals surface area (Å²) in [5.41, 5.74) is 1.19. The van der Waals surface area contributed by atoms with Gasteiger partial charge in [-0.3, -0.25) is 4.90 Å². The summed E-state index contributed by atoms with van der Waals surface area (Å²) in [6.45, 7) is 4.87. The number of hydrogen-bond donors (Lipinski definition) is 1. The minimum absolute atomic E-state index is 0.372. The molecule has 1 aliphatic heterocycles. The van der Waals surface area contributed by atoms with Crippen LogP contribution in [0, 0.1) is 0 Å². The van der Waals surface area contributed by atoms with Crippen LogP contribution in [0.4, 0.5) is 5.69 Å². The molecular weight excluding hydrogens is 358 g/mol. The number of sulfonamides is 1. The predicted octanol–water partition coefficient (Wildman–Crippen LogP) is 1.86. The van der Waals surface area contributed by atoms with Gasteiger partial charge in [0.05, 0.1) is 7.11 Å². The number of piperazine rings is 1. The topological polar surface area (TPSA) is 61.9 Å². The van der Waals surface area contributed by atoms with Crippen LogP contribution in [0.25, 0.3) is 0 Å². The van der Waals surface area contributed by atoms with Crippen molar-refractivity contribution < 1.29 is 13.2 Å². The van der Waals surface area contributed by atoms with Gasteiger partial charge in [-0.1, -0.05) is 6.07 Å². The number of hydrogen-bond acceptors (Lipinski definition) is 6. The van der Waals surface area contributed by atoms with Gasteiger partial charge in [0, 0.05) is 45.0 Å². The van der Waals surface area contributed by atoms with E-state index in [9.17, 15) is 8.42 Å². The highest BCUT2D eigenvalue weighted by Gasteiger charge is 2.19. The van der Waals surface area contributed by atoms with Gasteiger partial charge in [0.25, 0.3) is 0 Å². The minimum Gasteiger partial charge on any atom is -0.497 e. The van der Waals surface area contributed by atoms with Gasteiger partial charge in [-0.15, -0.1) is 11.3 Å². The Morgan fingerprint density at radius 1 is 1.12 bits per heavy atom. The first kappa shape index (κ1) is 18.2. The van der Waals surface area contributed by atoms with E-state index < -0.39 is 10.0 Å². The van der Waals surface area contributed by atoms with E-state index in [4.69, 9.17) is 4.74 Å². The molecule has 0 aliphatic carbocycles. The lowest BCUT2D eigenvalue weighted by Gasteiger charge is -2.36. The lowest BCUT2D eigenvalue weighted by Crippen LogP contribution is -2.48. The van der Waals surface area contributed by atoms with E-state index in [2.05, 4.69) is 26.7 Å². The second-order valence-electron chi connectivity index (χ2n) is 5.86. The molecule has 136 valence electrons. The van der Waals surface area contributed by atoms with Gasteiger partial charge >= 0.3 is 0 Å². The van der Waals surface area contributed by atoms with E-state index in [0.717, 1.165) is 38.5 Å². The number of anilines is 1. The summed E-state index contributed by atoms with van der Waals surface area (Å²) in [5.74, 6) is 0.861. The van der Waals surface area contributed by atoms with Gasteiger partial charge < -0.3 is 9.64 Å². The standard InChI is InChI=1S/C17H23N3O3S2/c1-23-16-6-4-15(5-7-16)20-12-10-19(11-13-20)9-8-18-25(21,22)17-3-2-14-24-17/h2-7,14,18H,8-13H2,1H3. The average Bonchev–Trinajstić information content (AvgIpc) is 3.18. The van der Waals surface area contributed by atoms with Gasteiger partial charge in [0.2, 0.25) is 10.0 Å². The lowest BCUT2D eigenvalue weighted by molar-refractivity contribution is 0.262. The summed E-state index contributed by atoms with van der Waals surface area (Å²) < 4.78 is 32.4. The normalized spacial score (nSPS) is 16.1. The third kappa shape index (κ3) is 4.72. The molecule has 0 radical (unpaired) electrons. The molecule has 2 heterocycles. The number of thiophene rings is 1. The highest BCUT2D eigenvalue weighted by Crippen LogP contribution is 2.20. The molecule has 1 fully saturated rings. The van der Waals surface area contributed by atoms with Crippen LogP contribution in [0.15, 0.2) is 46.0 Å². The number of ether oxygens (including phenoxy) is 1. The second-order valence-corrected chi connectivity index (χ2v) is 8.80. The fraction of sp³-hybridized carbons (Fsp3) is 0.412. The van der Waals surface area contributed by atoms with Gasteiger partial charge in [-0.05, 0) is 35.7 Å². The van der Waals surface area contributed by atoms with E-state index in [1.165, 1.54) is 17.0 Å². The Kier molecular flexibility index (Phi) is 5.95. The van der Waals surface area contributed by atoms with Gasteiger partial charge in [-0.25, -0.2) is 13.1 Å². The molecule has 1 saturated heterocycles. The molecule has 0 unspecified atom stereocenters. The molecule has 1 N–H and O–H groups in total. The summed E-state index contributed by atoms with van der Waals surface area (Å²) in [5, 5.41) is 1.77. The van der Waals surface area contributed by atoms with Crippen LogP contribution < -0.4 is 14.4 Å². The number of methoxy groups -OCH3 is 1. The Hall–Kier alpha value is -1.61. The third-order valence-corrected chi connectivity index (χ3v) is 7.15. The first-order valence-corrected chi connectivity index (χ1v) is 10.6. The summed E-state index contributed by atoms with van der Waals surface area (Å²) in [6.07, 6.45) is 0. The van der Waals surface area contributed by atoms with E-state index in [0.29, 0.717) is 10.8 Å². The van der Waals surface area contributed by atoms with Crippen molar-refractivity contribution >= 4 is 27.0 Å². The van der Waals surface area contributed by atoms with Crippen LogP contribution in [0.2, 0.25) is 0 Å². The minimum atomic E-state index is -3.36. The molecule has 1 aromatic heterocycles. The maximum absolute atomic E-state index is 12.1. The van der Waals surface area contributed by atoms with Crippen molar-refractivity contribution in [3.05, 3.63) is 41.8 Å². The fourth-order valence-corrected chi connectivity index (χ4v) is 4.91. The van der Waals surface area contributed by atoms with Crippen LogP contribution in [0.1, 0.15) is 0 Å². The van der Waals surface area contributed by atoms with Crippen molar-refractivity contribution in [2.45, 2.75) is 4.21 Å². The first-order chi connectivity index (χ1) is 12.1. The molecule has 1 aliphatic rings. The number of benzene rings is 1. The molecule has 0 spiro atoms. The van der Waals surface area contributed by atoms with E-state index >= 15 is 0 Å². The van der Waals surface area contributed by atoms with Crippen LogP contribution in [0.5, 0.6) is 5.75 Å². The molecule has 8 heteroatoms.